The molecule has 0 fully saturated rings. The molecule has 2 heterocycles. The van der Waals surface area contributed by atoms with Crippen molar-refractivity contribution in [2.75, 3.05) is 36.8 Å². The molecule has 170 valence electrons. The Morgan fingerprint density at radius 2 is 1.84 bits per heavy atom. The molecular formula is C24H25F4N3O. The summed E-state index contributed by atoms with van der Waals surface area (Å²) in [5, 5.41) is 0. The van der Waals surface area contributed by atoms with Crippen molar-refractivity contribution < 1.29 is 22.3 Å². The van der Waals surface area contributed by atoms with Gasteiger partial charge in [0.05, 0.1) is 11.4 Å². The number of anilines is 2. The lowest BCUT2D eigenvalue weighted by molar-refractivity contribution is -0.274. The summed E-state index contributed by atoms with van der Waals surface area (Å²) in [4.78, 5) is 4.34. The van der Waals surface area contributed by atoms with Crippen LogP contribution in [-0.4, -0.2) is 37.4 Å². The maximum atomic E-state index is 13.7. The molecule has 0 radical (unpaired) electrons. The fraction of sp³-hybridized carbons (Fsp3) is 0.333. The maximum Gasteiger partial charge on any atom is 0.573 e. The van der Waals surface area contributed by atoms with Gasteiger partial charge < -0.3 is 15.4 Å². The van der Waals surface area contributed by atoms with Gasteiger partial charge in [0.25, 0.3) is 0 Å². The van der Waals surface area contributed by atoms with Gasteiger partial charge in [-0.05, 0) is 60.2 Å². The van der Waals surface area contributed by atoms with Gasteiger partial charge in [-0.2, -0.15) is 0 Å². The normalized spacial score (nSPS) is 17.0. The van der Waals surface area contributed by atoms with Crippen molar-refractivity contribution in [3.63, 3.8) is 0 Å². The third kappa shape index (κ3) is 5.07. The first-order valence-electron chi connectivity index (χ1n) is 10.5. The van der Waals surface area contributed by atoms with Crippen molar-refractivity contribution in [3.05, 3.63) is 71.7 Å². The van der Waals surface area contributed by atoms with E-state index in [-0.39, 0.29) is 11.6 Å². The molecule has 0 spiro atoms. The van der Waals surface area contributed by atoms with Crippen molar-refractivity contribution in [3.8, 4) is 5.75 Å². The molecule has 0 aliphatic carbocycles. The first-order chi connectivity index (χ1) is 15.2. The van der Waals surface area contributed by atoms with Crippen LogP contribution in [0.1, 0.15) is 24.0 Å². The molecule has 2 aliphatic heterocycles. The lowest BCUT2D eigenvalue weighted by Gasteiger charge is -2.36. The number of aryl methyl sites for hydroxylation is 1. The third-order valence-corrected chi connectivity index (χ3v) is 5.82. The van der Waals surface area contributed by atoms with Gasteiger partial charge in [0.1, 0.15) is 11.6 Å². The SMILES string of the molecule is C=C(CN1CC=C(c2ccc(OC(F)(F)F)cc2)CC1)N1CCCc2cc(F)cc(N)c21. The Hall–Kier alpha value is -3.00. The monoisotopic (exact) mass is 447 g/mol. The Morgan fingerprint density at radius 1 is 1.09 bits per heavy atom. The summed E-state index contributed by atoms with van der Waals surface area (Å²) in [6, 6.07) is 8.86. The van der Waals surface area contributed by atoms with Crippen LogP contribution >= 0.6 is 0 Å². The minimum absolute atomic E-state index is 0.225. The smallest absolute Gasteiger partial charge is 0.406 e. The number of benzene rings is 2. The van der Waals surface area contributed by atoms with E-state index in [1.165, 1.54) is 18.2 Å². The predicted molar refractivity (Wildman–Crippen MR) is 118 cm³/mol. The Balaban J connectivity index is 1.39. The average Bonchev–Trinajstić information content (AvgIpc) is 2.73. The van der Waals surface area contributed by atoms with Gasteiger partial charge in [0.2, 0.25) is 0 Å². The van der Waals surface area contributed by atoms with E-state index < -0.39 is 6.36 Å². The standard InChI is InChI=1S/C24H25F4N3O/c1-16(31-10-2-3-19-13-20(25)14-22(29)23(19)31)15-30-11-8-18(9-12-30)17-4-6-21(7-5-17)32-24(26,27)28/h4-8,13-14H,1-3,9-12,15,29H2. The molecule has 0 unspecified atom stereocenters. The van der Waals surface area contributed by atoms with Crippen LogP contribution in [0.3, 0.4) is 0 Å². The van der Waals surface area contributed by atoms with E-state index in [2.05, 4.69) is 27.2 Å². The fourth-order valence-electron chi connectivity index (χ4n) is 4.39. The average molecular weight is 447 g/mol. The van der Waals surface area contributed by atoms with Crippen LogP contribution in [0.2, 0.25) is 0 Å². The second-order valence-corrected chi connectivity index (χ2v) is 8.11. The molecule has 2 aromatic carbocycles. The number of rotatable bonds is 5. The summed E-state index contributed by atoms with van der Waals surface area (Å²) >= 11 is 0. The molecule has 0 aromatic heterocycles. The molecule has 0 amide bonds. The lowest BCUT2D eigenvalue weighted by Crippen LogP contribution is -2.37. The number of ether oxygens (including phenoxy) is 1. The van der Waals surface area contributed by atoms with E-state index in [4.69, 9.17) is 5.73 Å². The minimum atomic E-state index is -4.69. The zero-order chi connectivity index (χ0) is 22.9. The van der Waals surface area contributed by atoms with Gasteiger partial charge in [0.15, 0.2) is 0 Å². The Morgan fingerprint density at radius 3 is 2.50 bits per heavy atom. The van der Waals surface area contributed by atoms with Gasteiger partial charge in [-0.1, -0.05) is 24.8 Å². The zero-order valence-electron chi connectivity index (χ0n) is 17.6. The summed E-state index contributed by atoms with van der Waals surface area (Å²) < 4.78 is 54.6. The van der Waals surface area contributed by atoms with E-state index in [0.717, 1.165) is 60.4 Å². The second-order valence-electron chi connectivity index (χ2n) is 8.11. The molecule has 4 rings (SSSR count). The summed E-state index contributed by atoms with van der Waals surface area (Å²) in [6.07, 6.45) is -0.125. The number of nitrogens with two attached hydrogens (primary N) is 1. The summed E-state index contributed by atoms with van der Waals surface area (Å²) in [7, 11) is 0. The lowest BCUT2D eigenvalue weighted by atomic mass is 9.98. The highest BCUT2D eigenvalue weighted by Crippen LogP contribution is 2.36. The second kappa shape index (κ2) is 8.86. The molecule has 8 heteroatoms. The van der Waals surface area contributed by atoms with Gasteiger partial charge >= 0.3 is 6.36 Å². The van der Waals surface area contributed by atoms with Crippen molar-refractivity contribution in [1.29, 1.82) is 0 Å². The molecule has 2 N–H and O–H groups in total. The summed E-state index contributed by atoms with van der Waals surface area (Å²) in [6.45, 7) is 7.21. The topological polar surface area (TPSA) is 41.7 Å². The van der Waals surface area contributed by atoms with E-state index in [9.17, 15) is 17.6 Å². The number of fused-ring (bicyclic) bond motifs is 1. The van der Waals surface area contributed by atoms with Crippen LogP contribution in [0.25, 0.3) is 5.57 Å². The molecule has 0 saturated heterocycles. The van der Waals surface area contributed by atoms with Crippen LogP contribution in [0, 0.1) is 5.82 Å². The Labute approximate surface area is 184 Å². The molecule has 2 aromatic rings. The van der Waals surface area contributed by atoms with Crippen molar-refractivity contribution in [1.82, 2.24) is 4.90 Å². The van der Waals surface area contributed by atoms with Crippen LogP contribution < -0.4 is 15.4 Å². The van der Waals surface area contributed by atoms with Gasteiger partial charge in [0, 0.05) is 31.9 Å². The third-order valence-electron chi connectivity index (χ3n) is 5.82. The zero-order valence-corrected chi connectivity index (χ0v) is 17.6. The first-order valence-corrected chi connectivity index (χ1v) is 10.5. The highest BCUT2D eigenvalue weighted by molar-refractivity contribution is 5.75. The van der Waals surface area contributed by atoms with Crippen molar-refractivity contribution >= 4 is 16.9 Å². The minimum Gasteiger partial charge on any atom is -0.406 e. The summed E-state index contributed by atoms with van der Waals surface area (Å²) in [5.74, 6) is -0.544. The Bertz CT molecular complexity index is 1030. The maximum absolute atomic E-state index is 13.7. The molecule has 0 saturated carbocycles. The molecule has 4 nitrogen and oxygen atoms in total. The molecular weight excluding hydrogens is 422 g/mol. The van der Waals surface area contributed by atoms with Gasteiger partial charge in [-0.3, -0.25) is 4.90 Å². The van der Waals surface area contributed by atoms with Crippen LogP contribution in [-0.2, 0) is 6.42 Å². The highest BCUT2D eigenvalue weighted by atomic mass is 19.4. The van der Waals surface area contributed by atoms with Crippen LogP contribution in [0.5, 0.6) is 5.75 Å². The molecule has 0 bridgehead atoms. The number of nitrogens with zero attached hydrogens (tertiary/aromatic N) is 2. The number of hydrogen-bond donors (Lipinski definition) is 1. The quantitative estimate of drug-likeness (QED) is 0.495. The number of alkyl halides is 3. The van der Waals surface area contributed by atoms with Gasteiger partial charge in [-0.25, -0.2) is 4.39 Å². The number of nitrogen functional groups attached to an aromatic ring is 1. The van der Waals surface area contributed by atoms with E-state index in [0.29, 0.717) is 18.8 Å². The van der Waals surface area contributed by atoms with E-state index in [1.807, 2.05) is 0 Å². The fourth-order valence-corrected chi connectivity index (χ4v) is 4.39. The first kappa shape index (κ1) is 22.2. The van der Waals surface area contributed by atoms with E-state index in [1.54, 1.807) is 18.2 Å². The molecule has 0 atom stereocenters. The summed E-state index contributed by atoms with van der Waals surface area (Å²) in [5.41, 5.74) is 11.2. The number of halogens is 4. The molecule has 2 aliphatic rings. The van der Waals surface area contributed by atoms with Crippen molar-refractivity contribution in [2.45, 2.75) is 25.6 Å². The number of hydrogen-bond acceptors (Lipinski definition) is 4. The van der Waals surface area contributed by atoms with E-state index >= 15 is 0 Å². The predicted octanol–water partition coefficient (Wildman–Crippen LogP) is 5.36. The van der Waals surface area contributed by atoms with Gasteiger partial charge in [-0.15, -0.1) is 13.2 Å². The highest BCUT2D eigenvalue weighted by Gasteiger charge is 2.31. The Kier molecular flexibility index (Phi) is 6.15. The largest absolute Gasteiger partial charge is 0.573 e. The van der Waals surface area contributed by atoms with Crippen LogP contribution in [0.15, 0.2) is 54.8 Å². The van der Waals surface area contributed by atoms with Crippen molar-refractivity contribution in [2.24, 2.45) is 0 Å². The molecule has 32 heavy (non-hydrogen) atoms. The van der Waals surface area contributed by atoms with Crippen LogP contribution in [0.4, 0.5) is 28.9 Å².